The maximum atomic E-state index is 11.9. The van der Waals surface area contributed by atoms with Crippen LogP contribution >= 0.6 is 0 Å². The van der Waals surface area contributed by atoms with Crippen LogP contribution in [0.2, 0.25) is 0 Å². The van der Waals surface area contributed by atoms with Crippen molar-refractivity contribution in [1.29, 1.82) is 0 Å². The summed E-state index contributed by atoms with van der Waals surface area (Å²) in [6, 6.07) is 5.35. The molecular weight excluding hydrogens is 254 g/mol. The van der Waals surface area contributed by atoms with Crippen LogP contribution in [0.15, 0.2) is 18.2 Å². The molecule has 0 bridgehead atoms. The summed E-state index contributed by atoms with van der Waals surface area (Å²) in [5.41, 5.74) is 0.702. The Morgan fingerprint density at radius 2 is 2.00 bits per heavy atom. The van der Waals surface area contributed by atoms with E-state index in [1.54, 1.807) is 18.2 Å². The smallest absolute Gasteiger partial charge is 0.231 e. The number of carbonyl (C=O) groups is 1. The number of nitrogens with zero attached hydrogens (tertiary/aromatic N) is 1. The minimum Gasteiger partial charge on any atom is -1.00 e. The van der Waals surface area contributed by atoms with Gasteiger partial charge in [-0.05, 0) is 45.3 Å². The molecule has 18 heavy (non-hydrogen) atoms. The van der Waals surface area contributed by atoms with Crippen LogP contribution in [0, 0.1) is 0 Å². The van der Waals surface area contributed by atoms with Crippen molar-refractivity contribution in [3.63, 3.8) is 0 Å². The fourth-order valence-corrected chi connectivity index (χ4v) is 1.77. The summed E-state index contributed by atoms with van der Waals surface area (Å²) >= 11 is 0. The molecule has 5 heteroatoms. The van der Waals surface area contributed by atoms with Gasteiger partial charge >= 0.3 is 0 Å². The van der Waals surface area contributed by atoms with E-state index in [1.807, 2.05) is 14.1 Å². The quantitative estimate of drug-likeness (QED) is 0.640. The highest BCUT2D eigenvalue weighted by atomic mass is 35.5. The Hall–Kier alpha value is -1.26. The third-order valence-corrected chi connectivity index (χ3v) is 2.70. The SMILES string of the molecule is CN(C)CCCC(=O)c1ccc2c(c1)OCO2.[Cl-]. The molecule has 4 nitrogen and oxygen atoms in total. The van der Waals surface area contributed by atoms with Crippen LogP contribution < -0.4 is 21.9 Å². The van der Waals surface area contributed by atoms with E-state index in [9.17, 15) is 4.79 Å². The van der Waals surface area contributed by atoms with Crippen LogP contribution in [0.4, 0.5) is 0 Å². The highest BCUT2D eigenvalue weighted by Crippen LogP contribution is 2.32. The van der Waals surface area contributed by atoms with Crippen molar-refractivity contribution < 1.29 is 26.7 Å². The monoisotopic (exact) mass is 270 g/mol. The van der Waals surface area contributed by atoms with Crippen molar-refractivity contribution in [2.45, 2.75) is 12.8 Å². The molecule has 0 saturated heterocycles. The van der Waals surface area contributed by atoms with Crippen molar-refractivity contribution >= 4 is 5.78 Å². The van der Waals surface area contributed by atoms with E-state index in [0.29, 0.717) is 17.7 Å². The van der Waals surface area contributed by atoms with Crippen LogP contribution in [0.25, 0.3) is 0 Å². The molecule has 1 aliphatic heterocycles. The largest absolute Gasteiger partial charge is 1.00 e. The van der Waals surface area contributed by atoms with Crippen molar-refractivity contribution in [3.8, 4) is 11.5 Å². The number of ketones is 1. The Balaban J connectivity index is 0.00000162. The molecule has 1 heterocycles. The number of hydrogen-bond donors (Lipinski definition) is 0. The van der Waals surface area contributed by atoms with Crippen LogP contribution in [-0.2, 0) is 0 Å². The van der Waals surface area contributed by atoms with E-state index >= 15 is 0 Å². The molecule has 0 fully saturated rings. The molecule has 0 amide bonds. The lowest BCUT2D eigenvalue weighted by molar-refractivity contribution is -0.0000131. The highest BCUT2D eigenvalue weighted by Gasteiger charge is 2.15. The molecule has 0 radical (unpaired) electrons. The second-order valence-corrected chi connectivity index (χ2v) is 4.40. The summed E-state index contributed by atoms with van der Waals surface area (Å²) in [5.74, 6) is 1.54. The number of halogens is 1. The first-order valence-corrected chi connectivity index (χ1v) is 5.74. The van der Waals surface area contributed by atoms with Crippen molar-refractivity contribution in [2.75, 3.05) is 27.4 Å². The number of carbonyl (C=O) groups excluding carboxylic acids is 1. The molecule has 0 atom stereocenters. The molecule has 0 N–H and O–H groups in total. The molecule has 1 aliphatic rings. The second-order valence-electron chi connectivity index (χ2n) is 4.40. The Bertz CT molecular complexity index is 421. The first-order valence-electron chi connectivity index (χ1n) is 5.74. The van der Waals surface area contributed by atoms with Crippen molar-refractivity contribution in [2.24, 2.45) is 0 Å². The van der Waals surface area contributed by atoms with Gasteiger partial charge in [0.25, 0.3) is 0 Å². The molecule has 0 aliphatic carbocycles. The third kappa shape index (κ3) is 3.62. The van der Waals surface area contributed by atoms with E-state index < -0.39 is 0 Å². The normalized spacial score (nSPS) is 12.4. The summed E-state index contributed by atoms with van der Waals surface area (Å²) in [6.07, 6.45) is 1.44. The maximum absolute atomic E-state index is 11.9. The van der Waals surface area contributed by atoms with Gasteiger partial charge in [-0.15, -0.1) is 0 Å². The summed E-state index contributed by atoms with van der Waals surface area (Å²) in [4.78, 5) is 14.0. The molecule has 0 spiro atoms. The van der Waals surface area contributed by atoms with Gasteiger partial charge in [0.15, 0.2) is 17.3 Å². The van der Waals surface area contributed by atoms with Gasteiger partial charge < -0.3 is 26.8 Å². The minimum absolute atomic E-state index is 0. The standard InChI is InChI=1S/C13H17NO3.ClH/c1-14(2)7-3-4-11(15)10-5-6-12-13(8-10)17-9-16-12;/h5-6,8H,3-4,7,9H2,1-2H3;1H/p-1. The predicted molar refractivity (Wildman–Crippen MR) is 64.7 cm³/mol. The van der Waals surface area contributed by atoms with E-state index in [-0.39, 0.29) is 25.0 Å². The fourth-order valence-electron chi connectivity index (χ4n) is 1.77. The highest BCUT2D eigenvalue weighted by molar-refractivity contribution is 5.96. The van der Waals surface area contributed by atoms with Gasteiger partial charge in [0.05, 0.1) is 0 Å². The summed E-state index contributed by atoms with van der Waals surface area (Å²) in [7, 11) is 4.01. The maximum Gasteiger partial charge on any atom is 0.231 e. The Kier molecular flexibility index (Phi) is 5.44. The summed E-state index contributed by atoms with van der Waals surface area (Å²) < 4.78 is 10.5. The van der Waals surface area contributed by atoms with Gasteiger partial charge in [-0.2, -0.15) is 0 Å². The molecule has 1 aromatic rings. The van der Waals surface area contributed by atoms with Crippen LogP contribution in [0.5, 0.6) is 11.5 Å². The minimum atomic E-state index is 0. The first kappa shape index (κ1) is 14.8. The summed E-state index contributed by atoms with van der Waals surface area (Å²) in [5, 5.41) is 0. The predicted octanol–water partition coefficient (Wildman–Crippen LogP) is -1.06. The van der Waals surface area contributed by atoms with Crippen LogP contribution in [0.3, 0.4) is 0 Å². The zero-order valence-electron chi connectivity index (χ0n) is 10.6. The average molecular weight is 271 g/mol. The lowest BCUT2D eigenvalue weighted by Gasteiger charge is -2.08. The van der Waals surface area contributed by atoms with Gasteiger partial charge in [0.2, 0.25) is 6.79 Å². The third-order valence-electron chi connectivity index (χ3n) is 2.70. The molecule has 1 aromatic carbocycles. The van der Waals surface area contributed by atoms with Gasteiger partial charge in [-0.3, -0.25) is 4.79 Å². The van der Waals surface area contributed by atoms with Crippen molar-refractivity contribution in [1.82, 2.24) is 4.90 Å². The zero-order valence-corrected chi connectivity index (χ0v) is 11.4. The molecule has 0 saturated carbocycles. The van der Waals surface area contributed by atoms with E-state index in [4.69, 9.17) is 9.47 Å². The number of fused-ring (bicyclic) bond motifs is 1. The number of benzene rings is 1. The lowest BCUT2D eigenvalue weighted by atomic mass is 10.1. The number of rotatable bonds is 5. The molecular formula is C13H17ClNO3-. The van der Waals surface area contributed by atoms with Gasteiger partial charge in [-0.25, -0.2) is 0 Å². The average Bonchev–Trinajstić information content (AvgIpc) is 2.75. The lowest BCUT2D eigenvalue weighted by Crippen LogP contribution is -3.00. The number of Topliss-reactive ketones (excluding diaryl/α,β-unsaturated/α-hetero) is 1. The molecule has 2 rings (SSSR count). The summed E-state index contributed by atoms with van der Waals surface area (Å²) in [6.45, 7) is 1.17. The second kappa shape index (κ2) is 6.61. The fraction of sp³-hybridized carbons (Fsp3) is 0.462. The number of ether oxygens (including phenoxy) is 2. The van der Waals surface area contributed by atoms with Crippen molar-refractivity contribution in [3.05, 3.63) is 23.8 Å². The van der Waals surface area contributed by atoms with Gasteiger partial charge in [0, 0.05) is 12.0 Å². The Labute approximate surface area is 113 Å². The molecule has 0 aromatic heterocycles. The van der Waals surface area contributed by atoms with E-state index in [1.165, 1.54) is 0 Å². The van der Waals surface area contributed by atoms with Crippen LogP contribution in [0.1, 0.15) is 23.2 Å². The molecule has 0 unspecified atom stereocenters. The van der Waals surface area contributed by atoms with Crippen LogP contribution in [-0.4, -0.2) is 38.1 Å². The van der Waals surface area contributed by atoms with E-state index in [2.05, 4.69) is 4.90 Å². The topological polar surface area (TPSA) is 38.8 Å². The number of hydrogen-bond acceptors (Lipinski definition) is 4. The zero-order chi connectivity index (χ0) is 12.3. The Morgan fingerprint density at radius 3 is 2.72 bits per heavy atom. The van der Waals surface area contributed by atoms with E-state index in [0.717, 1.165) is 18.7 Å². The molecule has 100 valence electrons. The van der Waals surface area contributed by atoms with Gasteiger partial charge in [0.1, 0.15) is 0 Å². The Morgan fingerprint density at radius 1 is 1.28 bits per heavy atom. The van der Waals surface area contributed by atoms with Gasteiger partial charge in [-0.1, -0.05) is 0 Å². The first-order chi connectivity index (χ1) is 8.16.